The predicted octanol–water partition coefficient (Wildman–Crippen LogP) is 0.405. The van der Waals surface area contributed by atoms with Crippen LogP contribution in [0.3, 0.4) is 0 Å². The van der Waals surface area contributed by atoms with Gasteiger partial charge in [-0.1, -0.05) is 0 Å². The van der Waals surface area contributed by atoms with Gasteiger partial charge < -0.3 is 15.4 Å². The highest BCUT2D eigenvalue weighted by Crippen LogP contribution is 2.03. The Kier molecular flexibility index (Phi) is 6.21. The Balaban J connectivity index is 2.45. The Morgan fingerprint density at radius 2 is 2.18 bits per heavy atom. The van der Waals surface area contributed by atoms with Crippen molar-refractivity contribution in [3.8, 4) is 0 Å². The van der Waals surface area contributed by atoms with Crippen molar-refractivity contribution in [3.63, 3.8) is 0 Å². The monoisotopic (exact) mass is 237 g/mol. The largest absolute Gasteiger partial charge is 0.370 e. The molecule has 1 heterocycles. The number of carbonyl (C=O) groups excluding carboxylic acids is 1. The van der Waals surface area contributed by atoms with Crippen molar-refractivity contribution in [3.05, 3.63) is 30.1 Å². The van der Waals surface area contributed by atoms with Crippen LogP contribution < -0.4 is 5.73 Å². The van der Waals surface area contributed by atoms with Crippen LogP contribution in [0.15, 0.2) is 24.5 Å². The molecule has 0 aromatic carbocycles. The van der Waals surface area contributed by atoms with Crippen molar-refractivity contribution in [2.75, 3.05) is 26.3 Å². The van der Waals surface area contributed by atoms with Crippen LogP contribution in [-0.2, 0) is 16.1 Å². The van der Waals surface area contributed by atoms with E-state index in [9.17, 15) is 4.79 Å². The molecule has 0 saturated carbocycles. The summed E-state index contributed by atoms with van der Waals surface area (Å²) in [5.74, 6) is -0.0160. The summed E-state index contributed by atoms with van der Waals surface area (Å²) in [6, 6.07) is 3.80. The number of nitrogens with zero attached hydrogens (tertiary/aromatic N) is 2. The molecule has 0 radical (unpaired) electrons. The maximum atomic E-state index is 11.8. The van der Waals surface area contributed by atoms with Crippen molar-refractivity contribution in [1.29, 1.82) is 0 Å². The Hall–Kier alpha value is -1.46. The van der Waals surface area contributed by atoms with Crippen molar-refractivity contribution < 1.29 is 9.53 Å². The van der Waals surface area contributed by atoms with Gasteiger partial charge in [-0.25, -0.2) is 0 Å². The fourth-order valence-corrected chi connectivity index (χ4v) is 1.42. The minimum Gasteiger partial charge on any atom is -0.370 e. The van der Waals surface area contributed by atoms with E-state index in [-0.39, 0.29) is 12.5 Å². The average molecular weight is 237 g/mol. The topological polar surface area (TPSA) is 68.5 Å². The maximum Gasteiger partial charge on any atom is 0.248 e. The van der Waals surface area contributed by atoms with E-state index < -0.39 is 0 Å². The number of hydrogen-bond acceptors (Lipinski definition) is 4. The molecule has 94 valence electrons. The second kappa shape index (κ2) is 7.76. The molecule has 0 aliphatic carbocycles. The molecule has 2 N–H and O–H groups in total. The number of carbonyl (C=O) groups is 1. The van der Waals surface area contributed by atoms with Crippen LogP contribution in [0.25, 0.3) is 0 Å². The number of likely N-dealkylation sites (N-methyl/N-ethyl adjacent to an activating group) is 1. The van der Waals surface area contributed by atoms with E-state index in [1.807, 2.05) is 19.1 Å². The van der Waals surface area contributed by atoms with Crippen molar-refractivity contribution >= 4 is 5.91 Å². The van der Waals surface area contributed by atoms with Crippen LogP contribution >= 0.6 is 0 Å². The Morgan fingerprint density at radius 3 is 2.76 bits per heavy atom. The molecule has 0 spiro atoms. The van der Waals surface area contributed by atoms with Crippen LogP contribution in [0.4, 0.5) is 0 Å². The van der Waals surface area contributed by atoms with Gasteiger partial charge in [-0.3, -0.25) is 9.78 Å². The molecular weight excluding hydrogens is 218 g/mol. The first-order chi connectivity index (χ1) is 8.27. The van der Waals surface area contributed by atoms with Crippen molar-refractivity contribution in [1.82, 2.24) is 9.88 Å². The highest BCUT2D eigenvalue weighted by Gasteiger charge is 2.11. The average Bonchev–Trinajstić information content (AvgIpc) is 2.37. The fraction of sp³-hybridized carbons (Fsp3) is 0.500. The highest BCUT2D eigenvalue weighted by atomic mass is 16.5. The molecule has 0 fully saturated rings. The first-order valence-corrected chi connectivity index (χ1v) is 5.72. The number of pyridine rings is 1. The van der Waals surface area contributed by atoms with Crippen molar-refractivity contribution in [2.24, 2.45) is 5.73 Å². The minimum atomic E-state index is -0.0160. The van der Waals surface area contributed by atoms with E-state index in [0.717, 1.165) is 5.56 Å². The number of rotatable bonds is 7. The molecule has 0 bridgehead atoms. The molecule has 0 aliphatic rings. The lowest BCUT2D eigenvalue weighted by Gasteiger charge is -2.20. The van der Waals surface area contributed by atoms with Gasteiger partial charge in [-0.05, 0) is 24.6 Å². The van der Waals surface area contributed by atoms with Gasteiger partial charge in [0, 0.05) is 32.0 Å². The molecule has 0 aliphatic heterocycles. The van der Waals surface area contributed by atoms with E-state index in [4.69, 9.17) is 10.5 Å². The van der Waals surface area contributed by atoms with Gasteiger partial charge in [0.2, 0.25) is 5.91 Å². The second-order valence-corrected chi connectivity index (χ2v) is 3.60. The van der Waals surface area contributed by atoms with E-state index in [2.05, 4.69) is 4.98 Å². The van der Waals surface area contributed by atoms with E-state index in [1.54, 1.807) is 17.3 Å². The lowest BCUT2D eigenvalue weighted by Crippen LogP contribution is -2.33. The number of ether oxygens (including phenoxy) is 1. The molecule has 5 heteroatoms. The van der Waals surface area contributed by atoms with Gasteiger partial charge in [-0.2, -0.15) is 0 Å². The minimum absolute atomic E-state index is 0.0160. The third kappa shape index (κ3) is 4.93. The molecular formula is C12H19N3O2. The maximum absolute atomic E-state index is 11.8. The summed E-state index contributed by atoms with van der Waals surface area (Å²) in [6.45, 7) is 4.14. The lowest BCUT2D eigenvalue weighted by molar-refractivity contribution is -0.136. The summed E-state index contributed by atoms with van der Waals surface area (Å²) in [5.41, 5.74) is 6.35. The third-order valence-corrected chi connectivity index (χ3v) is 2.34. The lowest BCUT2D eigenvalue weighted by atomic mass is 10.2. The molecule has 0 saturated heterocycles. The summed E-state index contributed by atoms with van der Waals surface area (Å²) in [4.78, 5) is 17.5. The SMILES string of the molecule is CCN(Cc1ccncc1)C(=O)COCCN. The van der Waals surface area contributed by atoms with E-state index in [1.165, 1.54) is 0 Å². The third-order valence-electron chi connectivity index (χ3n) is 2.34. The van der Waals surface area contributed by atoms with Crippen LogP contribution in [0.1, 0.15) is 12.5 Å². The zero-order chi connectivity index (χ0) is 12.5. The predicted molar refractivity (Wildman–Crippen MR) is 65.2 cm³/mol. The molecule has 1 rings (SSSR count). The summed E-state index contributed by atoms with van der Waals surface area (Å²) < 4.78 is 5.14. The molecule has 1 aromatic heterocycles. The molecule has 0 atom stereocenters. The van der Waals surface area contributed by atoms with Crippen LogP contribution in [0.2, 0.25) is 0 Å². The fourth-order valence-electron chi connectivity index (χ4n) is 1.42. The van der Waals surface area contributed by atoms with E-state index >= 15 is 0 Å². The molecule has 17 heavy (non-hydrogen) atoms. The van der Waals surface area contributed by atoms with Crippen LogP contribution in [0, 0.1) is 0 Å². The second-order valence-electron chi connectivity index (χ2n) is 3.60. The molecule has 5 nitrogen and oxygen atoms in total. The number of aromatic nitrogens is 1. The summed E-state index contributed by atoms with van der Waals surface area (Å²) >= 11 is 0. The molecule has 1 aromatic rings. The first kappa shape index (κ1) is 13.6. The zero-order valence-corrected chi connectivity index (χ0v) is 10.1. The molecule has 1 amide bonds. The number of amides is 1. The van der Waals surface area contributed by atoms with Gasteiger partial charge in [0.1, 0.15) is 6.61 Å². The van der Waals surface area contributed by atoms with Crippen LogP contribution in [0.5, 0.6) is 0 Å². The first-order valence-electron chi connectivity index (χ1n) is 5.72. The number of hydrogen-bond donors (Lipinski definition) is 1. The van der Waals surface area contributed by atoms with Crippen molar-refractivity contribution in [2.45, 2.75) is 13.5 Å². The standard InChI is InChI=1S/C12H19N3O2/c1-2-15(12(16)10-17-8-5-13)9-11-3-6-14-7-4-11/h3-4,6-7H,2,5,8-10,13H2,1H3. The zero-order valence-electron chi connectivity index (χ0n) is 10.1. The van der Waals surface area contributed by atoms with Crippen LogP contribution in [-0.4, -0.2) is 42.1 Å². The summed E-state index contributed by atoms with van der Waals surface area (Å²) in [5, 5.41) is 0. The smallest absolute Gasteiger partial charge is 0.248 e. The van der Waals surface area contributed by atoms with Gasteiger partial charge in [0.15, 0.2) is 0 Å². The summed E-state index contributed by atoms with van der Waals surface area (Å²) in [6.07, 6.45) is 3.44. The Labute approximate surface area is 102 Å². The van der Waals surface area contributed by atoms with E-state index in [0.29, 0.717) is 26.2 Å². The highest BCUT2D eigenvalue weighted by molar-refractivity contribution is 5.77. The quantitative estimate of drug-likeness (QED) is 0.697. The Bertz CT molecular complexity index is 330. The van der Waals surface area contributed by atoms with Gasteiger partial charge >= 0.3 is 0 Å². The number of nitrogens with two attached hydrogens (primary N) is 1. The normalized spacial score (nSPS) is 10.2. The van der Waals surface area contributed by atoms with Gasteiger partial charge in [0.25, 0.3) is 0 Å². The van der Waals surface area contributed by atoms with Gasteiger partial charge in [0.05, 0.1) is 6.61 Å². The Morgan fingerprint density at radius 1 is 1.47 bits per heavy atom. The van der Waals surface area contributed by atoms with Gasteiger partial charge in [-0.15, -0.1) is 0 Å². The molecule has 0 unspecified atom stereocenters. The summed E-state index contributed by atoms with van der Waals surface area (Å²) in [7, 11) is 0.